The van der Waals surface area contributed by atoms with Gasteiger partial charge in [0.15, 0.2) is 0 Å². The maximum Gasteiger partial charge on any atom is 0.266 e. The second-order valence-corrected chi connectivity index (χ2v) is 4.93. The van der Waals surface area contributed by atoms with Crippen molar-refractivity contribution in [3.63, 3.8) is 0 Å². The summed E-state index contributed by atoms with van der Waals surface area (Å²) >= 11 is 0. The molecule has 6 nitrogen and oxygen atoms in total. The van der Waals surface area contributed by atoms with Gasteiger partial charge in [0, 0.05) is 25.0 Å². The van der Waals surface area contributed by atoms with Crippen LogP contribution in [0.5, 0.6) is 0 Å². The van der Waals surface area contributed by atoms with Crippen LogP contribution in [0.1, 0.15) is 11.1 Å². The first-order valence-electron chi connectivity index (χ1n) is 6.98. The first-order valence-corrected chi connectivity index (χ1v) is 6.98. The van der Waals surface area contributed by atoms with Crippen LogP contribution in [0.3, 0.4) is 0 Å². The molecule has 0 fully saturated rings. The quantitative estimate of drug-likeness (QED) is 0.514. The summed E-state index contributed by atoms with van der Waals surface area (Å²) in [5.41, 5.74) is 2.85. The summed E-state index contributed by atoms with van der Waals surface area (Å²) < 4.78 is 0. The van der Waals surface area contributed by atoms with E-state index in [9.17, 15) is 4.79 Å². The highest BCUT2D eigenvalue weighted by molar-refractivity contribution is 5.97. The molecule has 118 valence electrons. The van der Waals surface area contributed by atoms with E-state index in [0.717, 1.165) is 16.8 Å². The van der Waals surface area contributed by atoms with Crippen LogP contribution in [-0.4, -0.2) is 47.3 Å². The number of nitriles is 1. The zero-order valence-corrected chi connectivity index (χ0v) is 12.8. The Morgan fingerprint density at radius 3 is 2.23 bits per heavy atom. The van der Waals surface area contributed by atoms with E-state index < -0.39 is 5.91 Å². The van der Waals surface area contributed by atoms with Crippen molar-refractivity contribution in [2.75, 3.05) is 31.6 Å². The third-order valence-corrected chi connectivity index (χ3v) is 2.98. The van der Waals surface area contributed by atoms with Crippen LogP contribution in [0.25, 0.3) is 0 Å². The number of carbonyl (C=O) groups excluding carboxylic acids is 1. The zero-order chi connectivity index (χ0) is 16.5. The number of aliphatic hydroxyl groups excluding tert-OH is 2. The Kier molecular flexibility index (Phi) is 7.09. The van der Waals surface area contributed by atoms with Gasteiger partial charge in [0.1, 0.15) is 11.6 Å². The molecule has 0 aliphatic carbocycles. The lowest BCUT2D eigenvalue weighted by Crippen LogP contribution is -2.36. The van der Waals surface area contributed by atoms with Crippen molar-refractivity contribution in [1.82, 2.24) is 4.90 Å². The van der Waals surface area contributed by atoms with E-state index in [2.05, 4.69) is 5.32 Å². The van der Waals surface area contributed by atoms with Gasteiger partial charge >= 0.3 is 0 Å². The average Bonchev–Trinajstić information content (AvgIpc) is 2.46. The number of hydrogen-bond donors (Lipinski definition) is 3. The maximum atomic E-state index is 12.2. The molecule has 0 aromatic heterocycles. The highest BCUT2D eigenvalue weighted by Gasteiger charge is 2.17. The summed E-state index contributed by atoms with van der Waals surface area (Å²) in [6.45, 7) is 3.61. The van der Waals surface area contributed by atoms with Crippen molar-refractivity contribution in [1.29, 1.82) is 5.26 Å². The Hall–Kier alpha value is -2.36. The van der Waals surface area contributed by atoms with E-state index in [4.69, 9.17) is 15.5 Å². The number of nitrogens with zero attached hydrogens (tertiary/aromatic N) is 2. The molecule has 1 amide bonds. The topological polar surface area (TPSA) is 96.6 Å². The lowest BCUT2D eigenvalue weighted by atomic mass is 10.1. The van der Waals surface area contributed by atoms with E-state index in [1.807, 2.05) is 38.1 Å². The number of amides is 1. The molecule has 0 unspecified atom stereocenters. The standard InChI is InChI=1S/C16H21N3O3/c1-12-7-13(2)9-15(8-12)18-11-14(10-17)16(22)19(3-5-20)4-6-21/h7-9,11,18,20-21H,3-6H2,1-2H3/b14-11-. The number of carbonyl (C=O) groups is 1. The molecule has 1 rings (SSSR count). The lowest BCUT2D eigenvalue weighted by Gasteiger charge is -2.20. The molecule has 0 aliphatic heterocycles. The molecule has 0 saturated carbocycles. The summed E-state index contributed by atoms with van der Waals surface area (Å²) in [4.78, 5) is 13.4. The molecular weight excluding hydrogens is 282 g/mol. The van der Waals surface area contributed by atoms with E-state index in [-0.39, 0.29) is 31.9 Å². The van der Waals surface area contributed by atoms with E-state index >= 15 is 0 Å². The monoisotopic (exact) mass is 303 g/mol. The minimum atomic E-state index is -0.525. The van der Waals surface area contributed by atoms with Crippen molar-refractivity contribution in [2.45, 2.75) is 13.8 Å². The molecule has 0 heterocycles. The van der Waals surface area contributed by atoms with Crippen LogP contribution < -0.4 is 5.32 Å². The number of aliphatic hydroxyl groups is 2. The Labute approximate surface area is 130 Å². The van der Waals surface area contributed by atoms with Gasteiger partial charge in [-0.15, -0.1) is 0 Å². The van der Waals surface area contributed by atoms with Crippen molar-refractivity contribution >= 4 is 11.6 Å². The molecule has 6 heteroatoms. The summed E-state index contributed by atoms with van der Waals surface area (Å²) in [6.07, 6.45) is 1.35. The lowest BCUT2D eigenvalue weighted by molar-refractivity contribution is -0.127. The number of aryl methyl sites for hydroxylation is 2. The van der Waals surface area contributed by atoms with Gasteiger partial charge in [-0.1, -0.05) is 6.07 Å². The number of anilines is 1. The van der Waals surface area contributed by atoms with Gasteiger partial charge in [-0.2, -0.15) is 5.26 Å². The second-order valence-electron chi connectivity index (χ2n) is 4.93. The molecule has 0 radical (unpaired) electrons. The van der Waals surface area contributed by atoms with Crippen LogP contribution in [0.4, 0.5) is 5.69 Å². The van der Waals surface area contributed by atoms with Crippen molar-refractivity contribution < 1.29 is 15.0 Å². The van der Waals surface area contributed by atoms with Gasteiger partial charge in [-0.25, -0.2) is 0 Å². The van der Waals surface area contributed by atoms with Crippen molar-refractivity contribution in [2.24, 2.45) is 0 Å². The third kappa shape index (κ3) is 5.20. The van der Waals surface area contributed by atoms with Crippen LogP contribution in [0.2, 0.25) is 0 Å². The third-order valence-electron chi connectivity index (χ3n) is 2.98. The highest BCUT2D eigenvalue weighted by atomic mass is 16.3. The van der Waals surface area contributed by atoms with Gasteiger partial charge in [-0.3, -0.25) is 4.79 Å². The zero-order valence-electron chi connectivity index (χ0n) is 12.8. The Morgan fingerprint density at radius 2 is 1.77 bits per heavy atom. The first kappa shape index (κ1) is 17.7. The number of nitrogens with one attached hydrogen (secondary N) is 1. The summed E-state index contributed by atoms with van der Waals surface area (Å²) in [5.74, 6) is -0.525. The average molecular weight is 303 g/mol. The largest absolute Gasteiger partial charge is 0.395 e. The molecule has 1 aromatic rings. The SMILES string of the molecule is Cc1cc(C)cc(N/C=C(/C#N)C(=O)N(CCO)CCO)c1. The Bertz CT molecular complexity index is 565. The predicted molar refractivity (Wildman–Crippen MR) is 84.0 cm³/mol. The van der Waals surface area contributed by atoms with E-state index in [0.29, 0.717) is 0 Å². The molecule has 0 atom stereocenters. The fourth-order valence-electron chi connectivity index (χ4n) is 2.08. The van der Waals surface area contributed by atoms with Crippen LogP contribution in [-0.2, 0) is 4.79 Å². The first-order chi connectivity index (χ1) is 10.5. The minimum Gasteiger partial charge on any atom is -0.395 e. The molecule has 1 aromatic carbocycles. The number of rotatable bonds is 7. The van der Waals surface area contributed by atoms with E-state index in [1.54, 1.807) is 0 Å². The van der Waals surface area contributed by atoms with Crippen molar-refractivity contribution in [3.8, 4) is 6.07 Å². The highest BCUT2D eigenvalue weighted by Crippen LogP contribution is 2.14. The van der Waals surface area contributed by atoms with Gasteiger partial charge < -0.3 is 20.4 Å². The van der Waals surface area contributed by atoms with Crippen LogP contribution in [0.15, 0.2) is 30.0 Å². The normalized spacial score (nSPS) is 11.0. The minimum absolute atomic E-state index is 0.0714. The fraction of sp³-hybridized carbons (Fsp3) is 0.375. The second kappa shape index (κ2) is 8.82. The van der Waals surface area contributed by atoms with Gasteiger partial charge in [-0.05, 0) is 37.1 Å². The fourth-order valence-corrected chi connectivity index (χ4v) is 2.08. The molecule has 0 bridgehead atoms. The van der Waals surface area contributed by atoms with Crippen LogP contribution >= 0.6 is 0 Å². The summed E-state index contributed by atoms with van der Waals surface area (Å²) in [6, 6.07) is 7.68. The smallest absolute Gasteiger partial charge is 0.266 e. The van der Waals surface area contributed by atoms with Gasteiger partial charge in [0.05, 0.1) is 13.2 Å². The summed E-state index contributed by atoms with van der Waals surface area (Å²) in [7, 11) is 0. The van der Waals surface area contributed by atoms with E-state index in [1.165, 1.54) is 11.1 Å². The van der Waals surface area contributed by atoms with Crippen LogP contribution in [0, 0.1) is 25.2 Å². The molecule has 3 N–H and O–H groups in total. The van der Waals surface area contributed by atoms with Crippen molar-refractivity contribution in [3.05, 3.63) is 41.1 Å². The number of benzene rings is 1. The molecule has 0 saturated heterocycles. The predicted octanol–water partition coefficient (Wildman–Crippen LogP) is 0.936. The number of hydrogen-bond acceptors (Lipinski definition) is 5. The van der Waals surface area contributed by atoms with Gasteiger partial charge in [0.25, 0.3) is 5.91 Å². The molecular formula is C16H21N3O3. The molecule has 22 heavy (non-hydrogen) atoms. The Balaban J connectivity index is 2.89. The summed E-state index contributed by atoms with van der Waals surface area (Å²) in [5, 5.41) is 30.0. The Morgan fingerprint density at radius 1 is 1.23 bits per heavy atom. The molecule has 0 aliphatic rings. The maximum absolute atomic E-state index is 12.2. The van der Waals surface area contributed by atoms with Gasteiger partial charge in [0.2, 0.25) is 0 Å². The molecule has 0 spiro atoms.